The van der Waals surface area contributed by atoms with Gasteiger partial charge in [-0.05, 0) is 76.7 Å². The predicted octanol–water partition coefficient (Wildman–Crippen LogP) is 5.09. The van der Waals surface area contributed by atoms with E-state index in [9.17, 15) is 13.2 Å². The Hall–Kier alpha value is -3.45. The van der Waals surface area contributed by atoms with Crippen molar-refractivity contribution in [2.75, 3.05) is 44.0 Å². The van der Waals surface area contributed by atoms with E-state index in [1.165, 1.54) is 13.0 Å². The predicted molar refractivity (Wildman–Crippen MR) is 161 cm³/mol. The Balaban J connectivity index is 1.30. The van der Waals surface area contributed by atoms with Crippen molar-refractivity contribution in [1.82, 2.24) is 25.2 Å². The lowest BCUT2D eigenvalue weighted by atomic mass is 9.95. The summed E-state index contributed by atoms with van der Waals surface area (Å²) < 4.78 is 72.3. The van der Waals surface area contributed by atoms with Gasteiger partial charge in [0.1, 0.15) is 22.4 Å². The van der Waals surface area contributed by atoms with Crippen molar-refractivity contribution < 1.29 is 27.0 Å². The van der Waals surface area contributed by atoms with Gasteiger partial charge in [-0.1, -0.05) is 0 Å². The van der Waals surface area contributed by atoms with Crippen molar-refractivity contribution in [1.29, 1.82) is 0 Å². The maximum absolute atomic E-state index is 16.8. The maximum atomic E-state index is 16.8. The van der Waals surface area contributed by atoms with E-state index in [4.69, 9.17) is 20.2 Å². The molecule has 9 nitrogen and oxygen atoms in total. The minimum atomic E-state index is -4.77. The van der Waals surface area contributed by atoms with Crippen LogP contribution in [0.3, 0.4) is 0 Å². The van der Waals surface area contributed by atoms with Gasteiger partial charge >= 0.3 is 12.2 Å². The topological polar surface area (TPSA) is 102 Å². The SMILES string of the molecule is Cc1cc(N)cc(-c2nc3c4c(nc(OCC5(C6CCCN6C)CC5)nc4c2F)N2C[C@H]4CC[C@H](N4)[C@H]2CCO3)c1C(F)(F)F. The number of nitrogens with zero attached hydrogens (tertiary/aromatic N) is 5. The fraction of sp³-hybridized carbons (Fsp3) is 0.594. The fourth-order valence-electron chi connectivity index (χ4n) is 8.43. The number of nitrogen functional groups attached to an aromatic ring is 1. The van der Waals surface area contributed by atoms with Crippen LogP contribution in [0.15, 0.2) is 12.1 Å². The van der Waals surface area contributed by atoms with Crippen LogP contribution in [0.25, 0.3) is 22.2 Å². The monoisotopic (exact) mass is 627 g/mol. The number of hydrogen-bond acceptors (Lipinski definition) is 9. The molecule has 2 bridgehead atoms. The molecule has 0 amide bonds. The molecular formula is C32H37F4N7O2. The highest BCUT2D eigenvalue weighted by Gasteiger charge is 2.53. The second-order valence-electron chi connectivity index (χ2n) is 13.6. The van der Waals surface area contributed by atoms with Gasteiger partial charge in [-0.25, -0.2) is 9.37 Å². The van der Waals surface area contributed by atoms with E-state index in [2.05, 4.69) is 32.1 Å². The lowest BCUT2D eigenvalue weighted by Gasteiger charge is -2.43. The number of ether oxygens (including phenoxy) is 2. The molecule has 240 valence electrons. The smallest absolute Gasteiger partial charge is 0.417 e. The molecule has 1 aliphatic carbocycles. The molecule has 3 aromatic rings. The molecule has 0 spiro atoms. The second-order valence-corrected chi connectivity index (χ2v) is 13.6. The van der Waals surface area contributed by atoms with Crippen molar-refractivity contribution >= 4 is 22.4 Å². The van der Waals surface area contributed by atoms with E-state index in [-0.39, 0.29) is 64.2 Å². The van der Waals surface area contributed by atoms with E-state index in [0.717, 1.165) is 51.1 Å². The van der Waals surface area contributed by atoms with Crippen LogP contribution in [0.5, 0.6) is 11.9 Å². The van der Waals surface area contributed by atoms with Gasteiger partial charge in [0, 0.05) is 53.8 Å². The molecule has 1 saturated carbocycles. The van der Waals surface area contributed by atoms with Crippen LogP contribution >= 0.6 is 0 Å². The Morgan fingerprint density at radius 1 is 1.13 bits per heavy atom. The molecule has 3 saturated heterocycles. The van der Waals surface area contributed by atoms with Gasteiger partial charge in [-0.2, -0.15) is 23.1 Å². The molecule has 0 radical (unpaired) electrons. The van der Waals surface area contributed by atoms with Crippen LogP contribution in [0.1, 0.15) is 56.1 Å². The molecule has 13 heteroatoms. The number of pyridine rings is 1. The van der Waals surface area contributed by atoms with Gasteiger partial charge in [0.15, 0.2) is 5.82 Å². The number of fused-ring (bicyclic) bond motifs is 5. The summed E-state index contributed by atoms with van der Waals surface area (Å²) in [7, 11) is 2.14. The lowest BCUT2D eigenvalue weighted by molar-refractivity contribution is -0.137. The van der Waals surface area contributed by atoms with Crippen LogP contribution in [0.2, 0.25) is 0 Å². The van der Waals surface area contributed by atoms with Gasteiger partial charge in [-0.3, -0.25) is 0 Å². The number of alkyl halides is 3. The Labute approximate surface area is 258 Å². The molecular weight excluding hydrogens is 590 g/mol. The number of halogens is 4. The zero-order valence-electron chi connectivity index (χ0n) is 25.4. The van der Waals surface area contributed by atoms with Gasteiger partial charge in [-0.15, -0.1) is 0 Å². The van der Waals surface area contributed by atoms with Crippen molar-refractivity contribution in [3.05, 3.63) is 29.1 Å². The third-order valence-electron chi connectivity index (χ3n) is 10.7. The third-order valence-corrected chi connectivity index (χ3v) is 10.7. The molecule has 1 unspecified atom stereocenters. The number of likely N-dealkylation sites (tertiary alicyclic amines) is 1. The first-order valence-electron chi connectivity index (χ1n) is 15.9. The number of aryl methyl sites for hydroxylation is 1. The Bertz CT molecular complexity index is 1680. The number of benzene rings is 1. The average molecular weight is 628 g/mol. The highest BCUT2D eigenvalue weighted by Crippen LogP contribution is 2.53. The maximum Gasteiger partial charge on any atom is 0.417 e. The first-order valence-corrected chi connectivity index (χ1v) is 15.9. The summed E-state index contributed by atoms with van der Waals surface area (Å²) in [5.74, 6) is -0.534. The molecule has 2 aromatic heterocycles. The number of anilines is 2. The van der Waals surface area contributed by atoms with Gasteiger partial charge in [0.25, 0.3) is 0 Å². The molecule has 3 N–H and O–H groups in total. The number of nitrogens with one attached hydrogen (secondary N) is 1. The van der Waals surface area contributed by atoms with Crippen LogP contribution in [-0.2, 0) is 6.18 Å². The molecule has 8 rings (SSSR count). The van der Waals surface area contributed by atoms with Crippen LogP contribution in [-0.4, -0.2) is 77.4 Å². The zero-order chi connectivity index (χ0) is 31.2. The summed E-state index contributed by atoms with van der Waals surface area (Å²) in [6, 6.07) is 3.26. The summed E-state index contributed by atoms with van der Waals surface area (Å²) in [5, 5.41) is 3.94. The van der Waals surface area contributed by atoms with Crippen LogP contribution in [0, 0.1) is 18.2 Å². The van der Waals surface area contributed by atoms with Gasteiger partial charge in [0.2, 0.25) is 5.88 Å². The Morgan fingerprint density at radius 3 is 2.69 bits per heavy atom. The average Bonchev–Trinajstić information content (AvgIpc) is 3.46. The molecule has 1 aromatic carbocycles. The molecule has 45 heavy (non-hydrogen) atoms. The fourth-order valence-corrected chi connectivity index (χ4v) is 8.43. The number of aromatic nitrogens is 3. The molecule has 5 aliphatic rings. The Morgan fingerprint density at radius 2 is 1.96 bits per heavy atom. The van der Waals surface area contributed by atoms with Gasteiger partial charge < -0.3 is 30.3 Å². The van der Waals surface area contributed by atoms with Gasteiger partial charge in [0.05, 0.1) is 18.8 Å². The molecule has 4 fully saturated rings. The number of hydrogen-bond donors (Lipinski definition) is 2. The molecule has 4 atom stereocenters. The summed E-state index contributed by atoms with van der Waals surface area (Å²) >= 11 is 0. The van der Waals surface area contributed by atoms with Crippen molar-refractivity contribution in [2.45, 2.75) is 82.2 Å². The quantitative estimate of drug-likeness (QED) is 0.296. The normalized spacial score (nSPS) is 27.2. The van der Waals surface area contributed by atoms with E-state index in [1.54, 1.807) is 0 Å². The Kier molecular flexibility index (Phi) is 6.62. The van der Waals surface area contributed by atoms with Crippen LogP contribution in [0.4, 0.5) is 29.1 Å². The lowest BCUT2D eigenvalue weighted by Crippen LogP contribution is -2.59. The van der Waals surface area contributed by atoms with E-state index >= 15 is 4.39 Å². The first kappa shape index (κ1) is 29.0. The minimum absolute atomic E-state index is 0.00623. The molecule has 4 aliphatic heterocycles. The third kappa shape index (κ3) is 4.76. The van der Waals surface area contributed by atoms with Crippen molar-refractivity contribution in [2.24, 2.45) is 5.41 Å². The van der Waals surface area contributed by atoms with E-state index < -0.39 is 28.8 Å². The molecule has 6 heterocycles. The minimum Gasteiger partial charge on any atom is -0.477 e. The standard InChI is InChI=1S/C32H37F4N7O2/c1-16-12-17(37)13-19(24(16)32(34,35)36)26-25(33)27-23-28(41-30(40-27)45-15-31(8-9-31)22-4-3-10-42(22)2)43-14-18-5-6-20(38-18)21(43)7-11-44-29(23)39-26/h12-13,18,20-22,38H,3-11,14-15,37H2,1-2H3/t18-,20+,21-,22?/m1/s1. The summed E-state index contributed by atoms with van der Waals surface area (Å²) in [4.78, 5) is 18.4. The highest BCUT2D eigenvalue weighted by atomic mass is 19.4. The second kappa shape index (κ2) is 10.3. The number of nitrogens with two attached hydrogens (primary N) is 1. The highest BCUT2D eigenvalue weighted by molar-refractivity contribution is 5.97. The summed E-state index contributed by atoms with van der Waals surface area (Å²) in [6.45, 7) is 3.65. The summed E-state index contributed by atoms with van der Waals surface area (Å²) in [5.41, 5.74) is 3.78. The van der Waals surface area contributed by atoms with Crippen molar-refractivity contribution in [3.8, 4) is 23.1 Å². The number of rotatable bonds is 5. The van der Waals surface area contributed by atoms with E-state index in [0.29, 0.717) is 31.4 Å². The zero-order valence-corrected chi connectivity index (χ0v) is 25.4. The van der Waals surface area contributed by atoms with Crippen LogP contribution < -0.4 is 25.4 Å². The first-order chi connectivity index (χ1) is 21.5. The number of piperazine rings is 1. The van der Waals surface area contributed by atoms with Crippen molar-refractivity contribution in [3.63, 3.8) is 0 Å². The largest absolute Gasteiger partial charge is 0.477 e. The summed E-state index contributed by atoms with van der Waals surface area (Å²) in [6.07, 6.45) is 2.19. The van der Waals surface area contributed by atoms with E-state index in [1.807, 2.05) is 0 Å².